The number of hydrogen-bond acceptors (Lipinski definition) is 2. The third-order valence-electron chi connectivity index (χ3n) is 3.88. The minimum atomic E-state index is -3.42. The average Bonchev–Trinajstić information content (AvgIpc) is 2.38. The topological polar surface area (TPSA) is 37.4 Å². The van der Waals surface area contributed by atoms with Gasteiger partial charge in [0, 0.05) is 0 Å². The normalized spacial score (nSPS) is 20.3. The minimum absolute atomic E-state index is 0.407. The van der Waals surface area contributed by atoms with E-state index in [0.29, 0.717) is 17.4 Å². The summed E-state index contributed by atoms with van der Waals surface area (Å²) in [5, 5.41) is 0. The van der Waals surface area contributed by atoms with Crippen LogP contribution in [0.2, 0.25) is 14.8 Å². The molecule has 1 atom stereocenters. The molecule has 0 amide bonds. The van der Waals surface area contributed by atoms with E-state index in [9.17, 15) is 8.42 Å². The number of aryl methyl sites for hydroxylation is 1. The van der Waals surface area contributed by atoms with E-state index in [1.165, 1.54) is 0 Å². The van der Waals surface area contributed by atoms with Crippen molar-refractivity contribution in [2.24, 2.45) is 5.92 Å². The fourth-order valence-corrected chi connectivity index (χ4v) is 11.5. The van der Waals surface area contributed by atoms with Crippen molar-refractivity contribution in [1.82, 2.24) is 4.31 Å². The van der Waals surface area contributed by atoms with Gasteiger partial charge in [0.2, 0.25) is 0 Å². The first kappa shape index (κ1) is 16.9. The molecule has 0 saturated carbocycles. The molecule has 0 fully saturated rings. The third-order valence-corrected chi connectivity index (χ3v) is 11.8. The van der Waals surface area contributed by atoms with E-state index in [1.807, 2.05) is 19.1 Å². The Kier molecular flexibility index (Phi) is 4.78. The van der Waals surface area contributed by atoms with Crippen LogP contribution in [0.25, 0.3) is 0 Å². The molecule has 1 aliphatic rings. The Balaban J connectivity index is 2.48. The molecule has 0 spiro atoms. The van der Waals surface area contributed by atoms with E-state index in [-0.39, 0.29) is 0 Å². The van der Waals surface area contributed by atoms with Crippen LogP contribution >= 0.6 is 0 Å². The SMILES string of the molecule is Cc1ccc(S(=O)(=O)N2CCC(C)C=[C]2[Sn]([CH3])([CH3])[CH3])cc1. The summed E-state index contributed by atoms with van der Waals surface area (Å²) in [5.74, 6) is 0.473. The molecule has 0 aromatic heterocycles. The van der Waals surface area contributed by atoms with Crippen molar-refractivity contribution in [2.45, 2.75) is 40.0 Å². The maximum absolute atomic E-state index is 13.0. The van der Waals surface area contributed by atoms with Gasteiger partial charge in [-0.25, -0.2) is 0 Å². The molecule has 21 heavy (non-hydrogen) atoms. The molecule has 0 N–H and O–H groups in total. The molecule has 5 heteroatoms. The van der Waals surface area contributed by atoms with Crippen LogP contribution in [0.4, 0.5) is 0 Å². The Morgan fingerprint density at radius 1 is 1.14 bits per heavy atom. The molecule has 3 nitrogen and oxygen atoms in total. The van der Waals surface area contributed by atoms with Crippen LogP contribution in [0, 0.1) is 12.8 Å². The summed E-state index contributed by atoms with van der Waals surface area (Å²) in [6.07, 6.45) is 3.10. The predicted molar refractivity (Wildman–Crippen MR) is 90.3 cm³/mol. The van der Waals surface area contributed by atoms with E-state index in [1.54, 1.807) is 16.4 Å². The van der Waals surface area contributed by atoms with Crippen LogP contribution in [0.1, 0.15) is 18.9 Å². The zero-order chi connectivity index (χ0) is 15.8. The quantitative estimate of drug-likeness (QED) is 0.707. The van der Waals surface area contributed by atoms with Gasteiger partial charge in [0.15, 0.2) is 0 Å². The maximum atomic E-state index is 13.0. The van der Waals surface area contributed by atoms with Crippen molar-refractivity contribution in [3.8, 4) is 0 Å². The van der Waals surface area contributed by atoms with Crippen LogP contribution < -0.4 is 0 Å². The number of benzene rings is 1. The molecule has 1 aromatic rings. The van der Waals surface area contributed by atoms with E-state index >= 15 is 0 Å². The number of allylic oxidation sites excluding steroid dienone is 1. The summed E-state index contributed by atoms with van der Waals surface area (Å²) in [6, 6.07) is 7.17. The van der Waals surface area contributed by atoms with E-state index < -0.39 is 28.4 Å². The number of rotatable bonds is 3. The van der Waals surface area contributed by atoms with Gasteiger partial charge in [0.25, 0.3) is 0 Å². The van der Waals surface area contributed by atoms with Crippen molar-refractivity contribution in [1.29, 1.82) is 0 Å². The third kappa shape index (κ3) is 3.64. The van der Waals surface area contributed by atoms with Gasteiger partial charge >= 0.3 is 133 Å². The molecular formula is C16H25NO2SSn. The molecule has 2 rings (SSSR count). The van der Waals surface area contributed by atoms with Crippen LogP contribution in [0.5, 0.6) is 0 Å². The second-order valence-corrected chi connectivity index (χ2v) is 23.1. The molecule has 0 saturated heterocycles. The number of nitrogens with zero attached hydrogens (tertiary/aromatic N) is 1. The molecular weight excluding hydrogens is 389 g/mol. The first-order valence-corrected chi connectivity index (χ1v) is 18.9. The number of hydrogen-bond donors (Lipinski definition) is 0. The van der Waals surface area contributed by atoms with Gasteiger partial charge in [-0.2, -0.15) is 0 Å². The van der Waals surface area contributed by atoms with Crippen molar-refractivity contribution in [3.05, 3.63) is 39.6 Å². The first-order valence-electron chi connectivity index (χ1n) is 7.44. The van der Waals surface area contributed by atoms with Gasteiger partial charge in [-0.3, -0.25) is 0 Å². The van der Waals surface area contributed by atoms with Crippen molar-refractivity contribution in [3.63, 3.8) is 0 Å². The van der Waals surface area contributed by atoms with Crippen LogP contribution in [0.15, 0.2) is 38.9 Å². The predicted octanol–water partition coefficient (Wildman–Crippen LogP) is 3.79. The summed E-state index contributed by atoms with van der Waals surface area (Å²) in [5.41, 5.74) is 1.08. The van der Waals surface area contributed by atoms with E-state index in [4.69, 9.17) is 0 Å². The van der Waals surface area contributed by atoms with Crippen LogP contribution in [-0.4, -0.2) is 37.6 Å². The first-order chi connectivity index (χ1) is 9.62. The Labute approximate surface area is 133 Å². The Hall–Kier alpha value is -0.491. The van der Waals surface area contributed by atoms with Gasteiger partial charge in [-0.05, 0) is 0 Å². The van der Waals surface area contributed by atoms with Crippen LogP contribution in [-0.2, 0) is 10.0 Å². The number of sulfonamides is 1. The monoisotopic (exact) mass is 415 g/mol. The van der Waals surface area contributed by atoms with Crippen molar-refractivity contribution < 1.29 is 8.42 Å². The molecule has 0 aliphatic carbocycles. The zero-order valence-corrected chi connectivity index (χ0v) is 17.2. The van der Waals surface area contributed by atoms with E-state index in [2.05, 4.69) is 27.8 Å². The van der Waals surface area contributed by atoms with Crippen molar-refractivity contribution >= 4 is 28.4 Å². The summed E-state index contributed by atoms with van der Waals surface area (Å²) < 4.78 is 28.8. The van der Waals surface area contributed by atoms with Gasteiger partial charge in [-0.15, -0.1) is 0 Å². The van der Waals surface area contributed by atoms with Gasteiger partial charge in [0.05, 0.1) is 0 Å². The molecule has 116 valence electrons. The van der Waals surface area contributed by atoms with Crippen LogP contribution in [0.3, 0.4) is 0 Å². The molecule has 1 aromatic carbocycles. The summed E-state index contributed by atoms with van der Waals surface area (Å²) in [7, 11) is -3.42. The van der Waals surface area contributed by atoms with E-state index in [0.717, 1.165) is 15.7 Å². The fraction of sp³-hybridized carbons (Fsp3) is 0.500. The average molecular weight is 414 g/mol. The standard InChI is InChI=1S/C13H16NO2S.3CH3.Sn/c1-11-3-5-13(6-4-11)17(15,16)14-9-7-12(2)8-10-14;;;;/h3-7,12H,8,10H2,1-2H3;3*1H3;. The summed E-state index contributed by atoms with van der Waals surface area (Å²) in [6.45, 7) is 4.75. The molecule has 1 heterocycles. The van der Waals surface area contributed by atoms with Gasteiger partial charge < -0.3 is 0 Å². The second-order valence-electron chi connectivity index (χ2n) is 6.96. The molecule has 1 aliphatic heterocycles. The summed E-state index contributed by atoms with van der Waals surface area (Å²) in [4.78, 5) is 7.23. The molecule has 1 unspecified atom stereocenters. The fourth-order valence-electron chi connectivity index (χ4n) is 2.59. The molecule has 0 radical (unpaired) electrons. The Morgan fingerprint density at radius 3 is 2.24 bits per heavy atom. The Bertz CT molecular complexity index is 642. The van der Waals surface area contributed by atoms with Gasteiger partial charge in [-0.1, -0.05) is 0 Å². The molecule has 0 bridgehead atoms. The summed E-state index contributed by atoms with van der Waals surface area (Å²) >= 11 is -2.48. The second kappa shape index (κ2) is 5.95. The Morgan fingerprint density at radius 2 is 1.71 bits per heavy atom. The zero-order valence-electron chi connectivity index (χ0n) is 13.6. The van der Waals surface area contributed by atoms with Gasteiger partial charge in [0.1, 0.15) is 0 Å². The van der Waals surface area contributed by atoms with Crippen molar-refractivity contribution in [2.75, 3.05) is 6.54 Å².